The number of aliphatic imine (C=N–C) groups is 2. The summed E-state index contributed by atoms with van der Waals surface area (Å²) in [5, 5.41) is 3.99. The molecule has 0 fully saturated rings. The highest BCUT2D eigenvalue weighted by molar-refractivity contribution is 6.17. The van der Waals surface area contributed by atoms with Gasteiger partial charge in [0.2, 0.25) is 0 Å². The Kier molecular flexibility index (Phi) is 12.4. The van der Waals surface area contributed by atoms with E-state index in [4.69, 9.17) is 33.5 Å². The molecule has 7 heteroatoms. The van der Waals surface area contributed by atoms with E-state index in [0.717, 1.165) is 134 Å². The molecule has 3 aromatic heterocycles. The number of benzene rings is 14. The van der Waals surface area contributed by atoms with Crippen molar-refractivity contribution in [1.29, 1.82) is 0 Å². The summed E-state index contributed by atoms with van der Waals surface area (Å²) in [6, 6.07) is 116. The lowest BCUT2D eigenvalue weighted by Gasteiger charge is -2.47. The van der Waals surface area contributed by atoms with Gasteiger partial charge in [-0.1, -0.05) is 281 Å². The molecule has 0 amide bonds. The molecule has 14 aromatic carbocycles. The van der Waals surface area contributed by atoms with E-state index in [2.05, 4.69) is 299 Å². The SMILES string of the molecule is CC1(C)c2ccccc2C2(c3ccccc3-c3ccccc32)c2ccc3oc4c(-c5ccc6c(c5)C5(c7ccccc7Oc7c5ccc5oc8c(-c9cc(-c%10ccccc%10)nc(-c%10ccccc%10)n9)cccc8c75)c5ccccc5-6)cc(C5CC(c6ccccc6)=NC(c6ccccc6)=N5)cc4c3c21. The summed E-state index contributed by atoms with van der Waals surface area (Å²) in [4.78, 5) is 21.6. The zero-order chi connectivity index (χ0) is 68.6. The molecule has 17 aromatic rings. The Morgan fingerprint density at radius 3 is 1.56 bits per heavy atom. The van der Waals surface area contributed by atoms with Gasteiger partial charge in [0, 0.05) is 66.9 Å². The predicted octanol–water partition coefficient (Wildman–Crippen LogP) is 23.8. The Balaban J connectivity index is 0.798. The van der Waals surface area contributed by atoms with Gasteiger partial charge in [-0.25, -0.2) is 15.0 Å². The summed E-state index contributed by atoms with van der Waals surface area (Å²) in [5.41, 5.74) is 28.6. The van der Waals surface area contributed by atoms with E-state index in [-0.39, 0.29) is 6.04 Å². The first-order chi connectivity index (χ1) is 51.3. The van der Waals surface area contributed by atoms with Crippen molar-refractivity contribution in [3.05, 3.63) is 394 Å². The molecule has 2 unspecified atom stereocenters. The van der Waals surface area contributed by atoms with Crippen LogP contribution in [0.1, 0.15) is 98.6 Å². The Labute approximate surface area is 600 Å². The Hall–Kier alpha value is -13.1. The van der Waals surface area contributed by atoms with E-state index in [0.29, 0.717) is 23.7 Å². The molecule has 0 saturated heterocycles. The standard InChI is InChI=1S/C97H62N4O3/c1-95(2)74-42-21-22-43-75(74)96(71-39-18-15-34-63(71)64-35-16-19-40-72(64)96)77-48-50-85-87(89(77)95)70-53-62(82-55-80(57-26-7-3-8-27-57)98-93(100-82)59-30-11-5-12-31-59)52-69(91(70)103-85)61-46-47-66-65-36-17-20-41-73(65)97(79(66)54-61)76-44-23-24-45-84(76)102-92-78(97)49-51-86-88(92)68-38-25-37-67(90(68)104-86)83-56-81(58-28-9-4-10-29-58)99-94(101-83)60-32-13-6-14-33-60/h3-54,56,82H,55H2,1-2H3. The normalized spacial score (nSPS) is 16.6. The van der Waals surface area contributed by atoms with Crippen LogP contribution in [0, 0.1) is 0 Å². The van der Waals surface area contributed by atoms with Crippen molar-refractivity contribution in [2.45, 2.75) is 42.6 Å². The van der Waals surface area contributed by atoms with Gasteiger partial charge >= 0.3 is 0 Å². The zero-order valence-corrected chi connectivity index (χ0v) is 56.9. The van der Waals surface area contributed by atoms with E-state index in [1.165, 1.54) is 55.6 Å². The summed E-state index contributed by atoms with van der Waals surface area (Å²) in [6.45, 7) is 4.85. The molecule has 7 nitrogen and oxygen atoms in total. The number of rotatable bonds is 7. The minimum absolute atomic E-state index is 0.322. The maximum atomic E-state index is 7.71. The number of fused-ring (bicyclic) bond motifs is 26. The van der Waals surface area contributed by atoms with Crippen LogP contribution in [0.4, 0.5) is 0 Å². The molecule has 0 bridgehead atoms. The molecule has 5 heterocycles. The van der Waals surface area contributed by atoms with Gasteiger partial charge in [0.25, 0.3) is 0 Å². The quantitative estimate of drug-likeness (QED) is 0.159. The number of nitrogens with zero attached hydrogens (tertiary/aromatic N) is 4. The molecule has 0 radical (unpaired) electrons. The molecule has 2 aliphatic heterocycles. The van der Waals surface area contributed by atoms with Crippen molar-refractivity contribution in [2.75, 3.05) is 0 Å². The maximum Gasteiger partial charge on any atom is 0.160 e. The minimum Gasteiger partial charge on any atom is -0.456 e. The van der Waals surface area contributed by atoms with Gasteiger partial charge in [-0.2, -0.15) is 0 Å². The van der Waals surface area contributed by atoms with Crippen LogP contribution in [-0.2, 0) is 16.2 Å². The number of furan rings is 2. The first kappa shape index (κ1) is 58.7. The fourth-order valence-electron chi connectivity index (χ4n) is 18.8. The van der Waals surface area contributed by atoms with Crippen LogP contribution < -0.4 is 4.74 Å². The lowest BCUT2D eigenvalue weighted by atomic mass is 9.55. The van der Waals surface area contributed by atoms with E-state index < -0.39 is 16.2 Å². The highest BCUT2D eigenvalue weighted by Crippen LogP contribution is 2.66. The largest absolute Gasteiger partial charge is 0.456 e. The molecule has 5 aliphatic rings. The first-order valence-corrected chi connectivity index (χ1v) is 35.9. The van der Waals surface area contributed by atoms with Crippen LogP contribution in [0.25, 0.3) is 111 Å². The molecule has 0 saturated carbocycles. The van der Waals surface area contributed by atoms with Crippen LogP contribution in [0.3, 0.4) is 0 Å². The van der Waals surface area contributed by atoms with Crippen LogP contribution >= 0.6 is 0 Å². The second-order valence-corrected chi connectivity index (χ2v) is 28.8. The van der Waals surface area contributed by atoms with Gasteiger partial charge < -0.3 is 13.6 Å². The number of hydrogen-bond donors (Lipinski definition) is 0. The lowest BCUT2D eigenvalue weighted by molar-refractivity contribution is 0.441. The fraction of sp³-hybridized carbons (Fsp3) is 0.0722. The predicted molar refractivity (Wildman–Crippen MR) is 418 cm³/mol. The van der Waals surface area contributed by atoms with E-state index in [1.807, 2.05) is 36.4 Å². The second kappa shape index (κ2) is 22.0. The monoisotopic (exact) mass is 1330 g/mol. The average Bonchev–Trinajstić information content (AvgIpc) is 1.40. The van der Waals surface area contributed by atoms with Gasteiger partial charge in [0.1, 0.15) is 33.8 Å². The number of para-hydroxylation sites is 2. The van der Waals surface area contributed by atoms with Gasteiger partial charge in [0.05, 0.1) is 39.4 Å². The summed E-state index contributed by atoms with van der Waals surface area (Å²) in [5.74, 6) is 2.88. The van der Waals surface area contributed by atoms with Crippen molar-refractivity contribution in [3.63, 3.8) is 0 Å². The third kappa shape index (κ3) is 8.12. The van der Waals surface area contributed by atoms with E-state index in [1.54, 1.807) is 0 Å². The molecule has 2 spiro atoms. The number of amidine groups is 1. The van der Waals surface area contributed by atoms with Crippen LogP contribution in [0.5, 0.6) is 11.5 Å². The molecule has 104 heavy (non-hydrogen) atoms. The summed E-state index contributed by atoms with van der Waals surface area (Å²) in [6.07, 6.45) is 0.589. The highest BCUT2D eigenvalue weighted by Gasteiger charge is 2.55. The molecule has 2 atom stereocenters. The van der Waals surface area contributed by atoms with Crippen molar-refractivity contribution >= 4 is 55.4 Å². The Morgan fingerprint density at radius 2 is 0.875 bits per heavy atom. The van der Waals surface area contributed by atoms with Crippen LogP contribution in [0.2, 0.25) is 0 Å². The smallest absolute Gasteiger partial charge is 0.160 e. The zero-order valence-electron chi connectivity index (χ0n) is 56.9. The third-order valence-electron chi connectivity index (χ3n) is 23.2. The topological polar surface area (TPSA) is 86.0 Å². The van der Waals surface area contributed by atoms with E-state index >= 15 is 0 Å². The minimum atomic E-state index is -0.869. The first-order valence-electron chi connectivity index (χ1n) is 35.9. The van der Waals surface area contributed by atoms with Gasteiger partial charge in [0.15, 0.2) is 11.7 Å². The Bertz CT molecular complexity index is 6480. The summed E-state index contributed by atoms with van der Waals surface area (Å²) < 4.78 is 22.4. The summed E-state index contributed by atoms with van der Waals surface area (Å²) >= 11 is 0. The van der Waals surface area contributed by atoms with Crippen LogP contribution in [-0.4, -0.2) is 21.5 Å². The third-order valence-corrected chi connectivity index (χ3v) is 23.2. The fourth-order valence-corrected chi connectivity index (χ4v) is 18.8. The van der Waals surface area contributed by atoms with Gasteiger partial charge in [-0.15, -0.1) is 0 Å². The molecule has 488 valence electrons. The lowest BCUT2D eigenvalue weighted by Crippen LogP contribution is -2.40. The molecular weight excluding hydrogens is 1270 g/mol. The van der Waals surface area contributed by atoms with Gasteiger partial charge in [-0.05, 0) is 138 Å². The van der Waals surface area contributed by atoms with Crippen molar-refractivity contribution in [1.82, 2.24) is 9.97 Å². The van der Waals surface area contributed by atoms with Gasteiger partial charge in [-0.3, -0.25) is 4.99 Å². The van der Waals surface area contributed by atoms with Crippen molar-refractivity contribution < 1.29 is 13.6 Å². The summed E-state index contributed by atoms with van der Waals surface area (Å²) in [7, 11) is 0. The van der Waals surface area contributed by atoms with Crippen molar-refractivity contribution in [2.24, 2.45) is 9.98 Å². The Morgan fingerprint density at radius 1 is 0.346 bits per heavy atom. The number of hydrogen-bond acceptors (Lipinski definition) is 7. The van der Waals surface area contributed by atoms with Crippen LogP contribution in [0.15, 0.2) is 340 Å². The molecule has 22 rings (SSSR count). The van der Waals surface area contributed by atoms with Crippen molar-refractivity contribution in [3.8, 4) is 78.8 Å². The molecule has 0 N–H and O–H groups in total. The second-order valence-electron chi connectivity index (χ2n) is 28.8. The highest BCUT2D eigenvalue weighted by atomic mass is 16.5. The van der Waals surface area contributed by atoms with E-state index in [9.17, 15) is 0 Å². The number of aromatic nitrogens is 2. The molecular formula is C97H62N4O3. The maximum absolute atomic E-state index is 7.71. The number of ether oxygens (including phenoxy) is 1. The average molecular weight is 1330 g/mol. The molecule has 3 aliphatic carbocycles.